The Balaban J connectivity index is 1.79. The zero-order valence-electron chi connectivity index (χ0n) is 9.84. The Labute approximate surface area is 93.1 Å². The average Bonchev–Trinajstić information content (AvgIpc) is 2.30. The summed E-state index contributed by atoms with van der Waals surface area (Å²) in [6.45, 7) is 13.3. The van der Waals surface area contributed by atoms with Crippen LogP contribution in [0.4, 0.5) is 0 Å². The molecule has 1 N–H and O–H groups in total. The van der Waals surface area contributed by atoms with Crippen molar-refractivity contribution in [1.29, 1.82) is 0 Å². The van der Waals surface area contributed by atoms with Crippen LogP contribution in [0.25, 0.3) is 0 Å². The standard InChI is InChI=1S/C12H23N3/c1-11(2)14-7-9-15(10-8-14)12-3-5-13-6-4-12/h12-13H,1,3-10H2,2H3. The molecule has 0 aliphatic carbocycles. The minimum absolute atomic E-state index is 0.832. The zero-order chi connectivity index (χ0) is 10.7. The molecule has 0 bridgehead atoms. The zero-order valence-corrected chi connectivity index (χ0v) is 9.84. The highest BCUT2D eigenvalue weighted by atomic mass is 15.3. The normalized spacial score (nSPS) is 25.5. The SMILES string of the molecule is C=C(C)N1CCN(C2CCNCC2)CC1. The van der Waals surface area contributed by atoms with Gasteiger partial charge in [-0.25, -0.2) is 0 Å². The number of nitrogens with zero attached hydrogens (tertiary/aromatic N) is 2. The van der Waals surface area contributed by atoms with Crippen LogP contribution in [0, 0.1) is 0 Å². The second kappa shape index (κ2) is 4.99. The highest BCUT2D eigenvalue weighted by Crippen LogP contribution is 2.15. The van der Waals surface area contributed by atoms with Crippen LogP contribution in [-0.2, 0) is 0 Å². The lowest BCUT2D eigenvalue weighted by Crippen LogP contribution is -2.52. The van der Waals surface area contributed by atoms with E-state index in [1.165, 1.54) is 57.8 Å². The lowest BCUT2D eigenvalue weighted by atomic mass is 10.0. The number of piperazine rings is 1. The molecule has 0 aromatic rings. The van der Waals surface area contributed by atoms with Crippen LogP contribution in [0.2, 0.25) is 0 Å². The number of hydrogen-bond acceptors (Lipinski definition) is 3. The van der Waals surface area contributed by atoms with Crippen LogP contribution in [0.3, 0.4) is 0 Å². The molecule has 3 heteroatoms. The van der Waals surface area contributed by atoms with Gasteiger partial charge < -0.3 is 10.2 Å². The minimum Gasteiger partial charge on any atom is -0.373 e. The first-order chi connectivity index (χ1) is 7.27. The first-order valence-electron chi connectivity index (χ1n) is 6.12. The van der Waals surface area contributed by atoms with Gasteiger partial charge in [0.1, 0.15) is 0 Å². The van der Waals surface area contributed by atoms with E-state index in [9.17, 15) is 0 Å². The molecule has 2 rings (SSSR count). The fraction of sp³-hybridized carbons (Fsp3) is 0.833. The second-order valence-corrected chi connectivity index (χ2v) is 4.74. The Bertz CT molecular complexity index is 213. The van der Waals surface area contributed by atoms with E-state index in [1.807, 2.05) is 0 Å². The predicted octanol–water partition coefficient (Wildman–Crippen LogP) is 0.890. The van der Waals surface area contributed by atoms with Gasteiger partial charge in [-0.05, 0) is 32.9 Å². The van der Waals surface area contributed by atoms with Crippen LogP contribution in [0.5, 0.6) is 0 Å². The number of allylic oxidation sites excluding steroid dienone is 1. The third-order valence-electron chi connectivity index (χ3n) is 3.68. The molecule has 86 valence electrons. The van der Waals surface area contributed by atoms with Gasteiger partial charge in [-0.15, -0.1) is 0 Å². The van der Waals surface area contributed by atoms with Gasteiger partial charge in [0.2, 0.25) is 0 Å². The van der Waals surface area contributed by atoms with E-state index in [2.05, 4.69) is 28.6 Å². The lowest BCUT2D eigenvalue weighted by Gasteiger charge is -2.41. The van der Waals surface area contributed by atoms with Crippen molar-refractivity contribution < 1.29 is 0 Å². The molecular formula is C12H23N3. The molecule has 0 saturated carbocycles. The van der Waals surface area contributed by atoms with Crippen molar-refractivity contribution in [2.45, 2.75) is 25.8 Å². The third kappa shape index (κ3) is 2.73. The summed E-state index contributed by atoms with van der Waals surface area (Å²) < 4.78 is 0. The van der Waals surface area contributed by atoms with Crippen molar-refractivity contribution in [3.63, 3.8) is 0 Å². The average molecular weight is 209 g/mol. The quantitative estimate of drug-likeness (QED) is 0.728. The molecule has 15 heavy (non-hydrogen) atoms. The van der Waals surface area contributed by atoms with E-state index in [0.29, 0.717) is 0 Å². The second-order valence-electron chi connectivity index (χ2n) is 4.74. The first kappa shape index (κ1) is 11.0. The molecule has 2 fully saturated rings. The maximum atomic E-state index is 4.01. The number of rotatable bonds is 2. The van der Waals surface area contributed by atoms with Crippen molar-refractivity contribution >= 4 is 0 Å². The largest absolute Gasteiger partial charge is 0.373 e. The maximum absolute atomic E-state index is 4.01. The molecule has 0 aromatic heterocycles. The lowest BCUT2D eigenvalue weighted by molar-refractivity contribution is 0.0982. The van der Waals surface area contributed by atoms with Crippen LogP contribution in [-0.4, -0.2) is 55.1 Å². The topological polar surface area (TPSA) is 18.5 Å². The van der Waals surface area contributed by atoms with Crippen molar-refractivity contribution in [1.82, 2.24) is 15.1 Å². The first-order valence-corrected chi connectivity index (χ1v) is 6.12. The molecule has 2 aliphatic heterocycles. The Morgan fingerprint density at radius 3 is 2.27 bits per heavy atom. The molecule has 2 saturated heterocycles. The van der Waals surface area contributed by atoms with Crippen LogP contribution < -0.4 is 5.32 Å². The molecule has 0 aromatic carbocycles. The van der Waals surface area contributed by atoms with Gasteiger partial charge in [0.05, 0.1) is 0 Å². The molecule has 3 nitrogen and oxygen atoms in total. The van der Waals surface area contributed by atoms with E-state index >= 15 is 0 Å². The van der Waals surface area contributed by atoms with E-state index in [1.54, 1.807) is 0 Å². The van der Waals surface area contributed by atoms with Gasteiger partial charge in [0.25, 0.3) is 0 Å². The van der Waals surface area contributed by atoms with E-state index < -0.39 is 0 Å². The van der Waals surface area contributed by atoms with Crippen molar-refractivity contribution in [2.24, 2.45) is 0 Å². The van der Waals surface area contributed by atoms with Gasteiger partial charge >= 0.3 is 0 Å². The summed E-state index contributed by atoms with van der Waals surface area (Å²) >= 11 is 0. The smallest absolute Gasteiger partial charge is 0.0303 e. The summed E-state index contributed by atoms with van der Waals surface area (Å²) in [6.07, 6.45) is 2.65. The molecule has 2 aliphatic rings. The molecular weight excluding hydrogens is 186 g/mol. The highest BCUT2D eigenvalue weighted by Gasteiger charge is 2.24. The van der Waals surface area contributed by atoms with Crippen molar-refractivity contribution in [2.75, 3.05) is 39.3 Å². The summed E-state index contributed by atoms with van der Waals surface area (Å²) in [5, 5.41) is 3.43. The van der Waals surface area contributed by atoms with Crippen LogP contribution in [0.1, 0.15) is 19.8 Å². The molecule has 0 radical (unpaired) electrons. The third-order valence-corrected chi connectivity index (χ3v) is 3.68. The fourth-order valence-electron chi connectivity index (χ4n) is 2.64. The monoisotopic (exact) mass is 209 g/mol. The Morgan fingerprint density at radius 1 is 1.13 bits per heavy atom. The highest BCUT2D eigenvalue weighted by molar-refractivity contribution is 4.92. The maximum Gasteiger partial charge on any atom is 0.0303 e. The summed E-state index contributed by atoms with van der Waals surface area (Å²) in [4.78, 5) is 5.07. The van der Waals surface area contributed by atoms with Gasteiger partial charge in [-0.3, -0.25) is 4.90 Å². The Kier molecular flexibility index (Phi) is 3.65. The molecule has 0 spiro atoms. The number of piperidine rings is 1. The predicted molar refractivity (Wildman–Crippen MR) is 63.9 cm³/mol. The molecule has 2 heterocycles. The Morgan fingerprint density at radius 2 is 1.73 bits per heavy atom. The number of hydrogen-bond donors (Lipinski definition) is 1. The summed E-state index contributed by atoms with van der Waals surface area (Å²) in [5.41, 5.74) is 1.22. The van der Waals surface area contributed by atoms with Gasteiger partial charge in [-0.1, -0.05) is 6.58 Å². The van der Waals surface area contributed by atoms with Crippen molar-refractivity contribution in [3.8, 4) is 0 Å². The fourth-order valence-corrected chi connectivity index (χ4v) is 2.64. The van der Waals surface area contributed by atoms with E-state index in [-0.39, 0.29) is 0 Å². The van der Waals surface area contributed by atoms with Gasteiger partial charge in [0.15, 0.2) is 0 Å². The molecule has 0 unspecified atom stereocenters. The van der Waals surface area contributed by atoms with Crippen LogP contribution >= 0.6 is 0 Å². The number of nitrogens with one attached hydrogen (secondary N) is 1. The van der Waals surface area contributed by atoms with Crippen LogP contribution in [0.15, 0.2) is 12.3 Å². The molecule has 0 atom stereocenters. The van der Waals surface area contributed by atoms with E-state index in [4.69, 9.17) is 0 Å². The summed E-state index contributed by atoms with van der Waals surface area (Å²) in [5.74, 6) is 0. The summed E-state index contributed by atoms with van der Waals surface area (Å²) in [7, 11) is 0. The van der Waals surface area contributed by atoms with Gasteiger partial charge in [-0.2, -0.15) is 0 Å². The minimum atomic E-state index is 0.832. The van der Waals surface area contributed by atoms with E-state index in [0.717, 1.165) is 6.04 Å². The Hall–Kier alpha value is -0.540. The molecule has 0 amide bonds. The van der Waals surface area contributed by atoms with Gasteiger partial charge in [0, 0.05) is 37.9 Å². The summed E-state index contributed by atoms with van der Waals surface area (Å²) in [6, 6.07) is 0.832. The van der Waals surface area contributed by atoms with Crippen molar-refractivity contribution in [3.05, 3.63) is 12.3 Å².